The molecular formula is C16H24N2O4. The number of hydrogen-bond acceptors (Lipinski definition) is 3. The third-order valence-electron chi connectivity index (χ3n) is 3.40. The van der Waals surface area contributed by atoms with Crippen LogP contribution in [0.1, 0.15) is 42.6 Å². The third kappa shape index (κ3) is 6.58. The van der Waals surface area contributed by atoms with Gasteiger partial charge < -0.3 is 20.8 Å². The van der Waals surface area contributed by atoms with Crippen LogP contribution in [0.4, 0.5) is 4.79 Å². The molecule has 0 aromatic heterocycles. The average molecular weight is 308 g/mol. The first-order valence-electron chi connectivity index (χ1n) is 7.29. The van der Waals surface area contributed by atoms with E-state index in [-0.39, 0.29) is 23.6 Å². The molecule has 6 heteroatoms. The van der Waals surface area contributed by atoms with Crippen molar-refractivity contribution in [2.24, 2.45) is 5.41 Å². The van der Waals surface area contributed by atoms with Crippen molar-refractivity contribution in [1.29, 1.82) is 0 Å². The van der Waals surface area contributed by atoms with Crippen LogP contribution in [0.15, 0.2) is 24.3 Å². The Morgan fingerprint density at radius 1 is 1.14 bits per heavy atom. The number of amides is 2. The van der Waals surface area contributed by atoms with Crippen LogP contribution in [-0.4, -0.2) is 35.4 Å². The molecule has 0 saturated carbocycles. The van der Waals surface area contributed by atoms with Crippen LogP contribution in [-0.2, 0) is 6.54 Å². The molecule has 1 aromatic rings. The lowest BCUT2D eigenvalue weighted by atomic mass is 9.89. The number of carbonyl (C=O) groups is 2. The topological polar surface area (TPSA) is 98.7 Å². The predicted octanol–water partition coefficient (Wildman–Crippen LogP) is 1.98. The van der Waals surface area contributed by atoms with Gasteiger partial charge in [-0.1, -0.05) is 26.0 Å². The molecule has 0 spiro atoms. The zero-order valence-corrected chi connectivity index (χ0v) is 13.1. The van der Waals surface area contributed by atoms with E-state index in [9.17, 15) is 9.59 Å². The summed E-state index contributed by atoms with van der Waals surface area (Å²) in [6.07, 6.45) is 1.63. The van der Waals surface area contributed by atoms with E-state index in [1.807, 2.05) is 13.8 Å². The van der Waals surface area contributed by atoms with Gasteiger partial charge in [0.2, 0.25) is 0 Å². The molecule has 0 bridgehead atoms. The van der Waals surface area contributed by atoms with Crippen molar-refractivity contribution in [3.05, 3.63) is 35.4 Å². The molecule has 1 rings (SSSR count). The highest BCUT2D eigenvalue weighted by atomic mass is 16.4. The summed E-state index contributed by atoms with van der Waals surface area (Å²) in [4.78, 5) is 22.3. The predicted molar refractivity (Wildman–Crippen MR) is 83.7 cm³/mol. The molecule has 22 heavy (non-hydrogen) atoms. The van der Waals surface area contributed by atoms with Crippen molar-refractivity contribution in [1.82, 2.24) is 10.6 Å². The molecule has 6 nitrogen and oxygen atoms in total. The van der Waals surface area contributed by atoms with Gasteiger partial charge in [-0.3, -0.25) is 0 Å². The third-order valence-corrected chi connectivity index (χ3v) is 3.40. The second-order valence-corrected chi connectivity index (χ2v) is 6.04. The summed E-state index contributed by atoms with van der Waals surface area (Å²) in [6.45, 7) is 4.98. The number of urea groups is 1. The lowest BCUT2D eigenvalue weighted by Gasteiger charge is -2.21. The second-order valence-electron chi connectivity index (χ2n) is 6.04. The maximum Gasteiger partial charge on any atom is 0.335 e. The molecule has 0 aliphatic heterocycles. The minimum Gasteiger partial charge on any atom is -0.478 e. The van der Waals surface area contributed by atoms with E-state index in [4.69, 9.17) is 10.2 Å². The van der Waals surface area contributed by atoms with Gasteiger partial charge in [-0.15, -0.1) is 0 Å². The van der Waals surface area contributed by atoms with E-state index in [1.165, 1.54) is 12.1 Å². The van der Waals surface area contributed by atoms with Gasteiger partial charge in [-0.05, 0) is 36.0 Å². The number of carbonyl (C=O) groups excluding carboxylic acids is 1. The van der Waals surface area contributed by atoms with E-state index >= 15 is 0 Å². The molecule has 0 fully saturated rings. The van der Waals surface area contributed by atoms with Gasteiger partial charge in [-0.25, -0.2) is 9.59 Å². The van der Waals surface area contributed by atoms with Gasteiger partial charge in [-0.2, -0.15) is 0 Å². The summed E-state index contributed by atoms with van der Waals surface area (Å²) in [7, 11) is 0. The summed E-state index contributed by atoms with van der Waals surface area (Å²) < 4.78 is 0. The van der Waals surface area contributed by atoms with Crippen LogP contribution < -0.4 is 10.6 Å². The summed E-state index contributed by atoms with van der Waals surface area (Å²) in [6, 6.07) is 6.10. The van der Waals surface area contributed by atoms with Crippen LogP contribution in [0.25, 0.3) is 0 Å². The van der Waals surface area contributed by atoms with Crippen molar-refractivity contribution in [2.75, 3.05) is 13.2 Å². The number of aliphatic hydroxyl groups excluding tert-OH is 1. The Bertz CT molecular complexity index is 497. The van der Waals surface area contributed by atoms with Crippen LogP contribution in [0.3, 0.4) is 0 Å². The average Bonchev–Trinajstić information content (AvgIpc) is 2.50. The monoisotopic (exact) mass is 308 g/mol. The quantitative estimate of drug-likeness (QED) is 0.552. The summed E-state index contributed by atoms with van der Waals surface area (Å²) >= 11 is 0. The van der Waals surface area contributed by atoms with Gasteiger partial charge in [0.15, 0.2) is 0 Å². The van der Waals surface area contributed by atoms with Crippen molar-refractivity contribution in [2.45, 2.75) is 33.2 Å². The van der Waals surface area contributed by atoms with E-state index in [2.05, 4.69) is 10.6 Å². The fourth-order valence-electron chi connectivity index (χ4n) is 1.86. The largest absolute Gasteiger partial charge is 0.478 e. The van der Waals surface area contributed by atoms with Crippen LogP contribution >= 0.6 is 0 Å². The van der Waals surface area contributed by atoms with Crippen LogP contribution in [0, 0.1) is 5.41 Å². The normalized spacial score (nSPS) is 11.0. The summed E-state index contributed by atoms with van der Waals surface area (Å²) in [5.74, 6) is -0.969. The van der Waals surface area contributed by atoms with Crippen molar-refractivity contribution < 1.29 is 19.8 Å². The van der Waals surface area contributed by atoms with Crippen LogP contribution in [0.2, 0.25) is 0 Å². The lowest BCUT2D eigenvalue weighted by Crippen LogP contribution is -2.36. The Hall–Kier alpha value is -2.08. The Labute approximate surface area is 130 Å². The van der Waals surface area contributed by atoms with Gasteiger partial charge in [0.25, 0.3) is 0 Å². The van der Waals surface area contributed by atoms with Gasteiger partial charge >= 0.3 is 12.0 Å². The number of rotatable bonds is 8. The first-order valence-corrected chi connectivity index (χ1v) is 7.29. The van der Waals surface area contributed by atoms with E-state index in [1.54, 1.807) is 12.1 Å². The van der Waals surface area contributed by atoms with Crippen molar-refractivity contribution in [3.63, 3.8) is 0 Å². The zero-order chi connectivity index (χ0) is 16.6. The molecule has 0 aliphatic rings. The van der Waals surface area contributed by atoms with Crippen molar-refractivity contribution >= 4 is 12.0 Å². The maximum absolute atomic E-state index is 11.6. The number of aromatic carboxylic acids is 1. The minimum atomic E-state index is -0.969. The van der Waals surface area contributed by atoms with Gasteiger partial charge in [0.1, 0.15) is 0 Å². The Balaban J connectivity index is 2.24. The first-order chi connectivity index (χ1) is 10.3. The SMILES string of the molecule is CC(C)(CO)CCCNC(=O)NCc1ccc(C(=O)O)cc1. The summed E-state index contributed by atoms with van der Waals surface area (Å²) in [5, 5.41) is 23.4. The maximum atomic E-state index is 11.6. The van der Waals surface area contributed by atoms with E-state index in [0.29, 0.717) is 13.1 Å². The lowest BCUT2D eigenvalue weighted by molar-refractivity contribution is 0.0697. The molecule has 0 radical (unpaired) electrons. The highest BCUT2D eigenvalue weighted by Crippen LogP contribution is 2.20. The van der Waals surface area contributed by atoms with E-state index < -0.39 is 5.97 Å². The molecule has 0 heterocycles. The summed E-state index contributed by atoms with van der Waals surface area (Å²) in [5.41, 5.74) is 0.936. The number of benzene rings is 1. The molecule has 0 unspecified atom stereocenters. The molecule has 1 aromatic carbocycles. The fraction of sp³-hybridized carbons (Fsp3) is 0.500. The Morgan fingerprint density at radius 3 is 2.32 bits per heavy atom. The molecular weight excluding hydrogens is 284 g/mol. The van der Waals surface area contributed by atoms with E-state index in [0.717, 1.165) is 18.4 Å². The molecule has 0 aliphatic carbocycles. The molecule has 122 valence electrons. The van der Waals surface area contributed by atoms with Crippen LogP contribution in [0.5, 0.6) is 0 Å². The van der Waals surface area contributed by atoms with Crippen molar-refractivity contribution in [3.8, 4) is 0 Å². The molecule has 4 N–H and O–H groups in total. The number of carboxylic acid groups (broad SMARTS) is 1. The molecule has 0 atom stereocenters. The minimum absolute atomic E-state index is 0.121. The Kier molecular flexibility index (Phi) is 6.85. The number of aliphatic hydroxyl groups is 1. The zero-order valence-electron chi connectivity index (χ0n) is 13.1. The van der Waals surface area contributed by atoms with Gasteiger partial charge in [0.05, 0.1) is 5.56 Å². The fourth-order valence-corrected chi connectivity index (χ4v) is 1.86. The number of hydrogen-bond donors (Lipinski definition) is 4. The highest BCUT2D eigenvalue weighted by molar-refractivity contribution is 5.87. The highest BCUT2D eigenvalue weighted by Gasteiger charge is 2.15. The van der Waals surface area contributed by atoms with Gasteiger partial charge in [0, 0.05) is 19.7 Å². The molecule has 0 saturated heterocycles. The number of carboxylic acids is 1. The second kappa shape index (κ2) is 8.38. The first kappa shape index (κ1) is 18.0. The standard InChI is InChI=1S/C16H24N2O4/c1-16(2,11-19)8-3-9-17-15(22)18-10-12-4-6-13(7-5-12)14(20)21/h4-7,19H,3,8-11H2,1-2H3,(H,20,21)(H2,17,18,22). The Morgan fingerprint density at radius 2 is 1.77 bits per heavy atom. The number of nitrogens with one attached hydrogen (secondary N) is 2. The molecule has 2 amide bonds. The smallest absolute Gasteiger partial charge is 0.335 e.